The van der Waals surface area contributed by atoms with Crippen molar-refractivity contribution in [2.24, 2.45) is 0 Å². The van der Waals surface area contributed by atoms with Crippen LogP contribution in [0.3, 0.4) is 0 Å². The Morgan fingerprint density at radius 1 is 1.43 bits per heavy atom. The van der Waals surface area contributed by atoms with Gasteiger partial charge in [-0.1, -0.05) is 20.3 Å². The summed E-state index contributed by atoms with van der Waals surface area (Å²) in [5, 5.41) is 7.27. The van der Waals surface area contributed by atoms with Crippen molar-refractivity contribution in [3.05, 3.63) is 11.3 Å². The molecule has 0 bridgehead atoms. The number of nitrogens with zero attached hydrogens (tertiary/aromatic N) is 1. The molecule has 0 amide bonds. The fourth-order valence-electron chi connectivity index (χ4n) is 2.43. The highest BCUT2D eigenvalue weighted by Crippen LogP contribution is 2.52. The molecule has 3 N–H and O–H groups in total. The lowest BCUT2D eigenvalue weighted by Gasteiger charge is -2.13. The van der Waals surface area contributed by atoms with Crippen molar-refractivity contribution < 1.29 is 0 Å². The number of hydrogen-bond acceptors (Lipinski definition) is 2. The third kappa shape index (κ3) is 1.31. The first kappa shape index (κ1) is 9.56. The molecule has 14 heavy (non-hydrogen) atoms. The second-order valence-electron chi connectivity index (χ2n) is 4.35. The van der Waals surface area contributed by atoms with Crippen molar-refractivity contribution in [2.75, 3.05) is 5.73 Å². The molecule has 3 nitrogen and oxygen atoms in total. The van der Waals surface area contributed by atoms with E-state index < -0.39 is 0 Å². The molecule has 0 spiro atoms. The van der Waals surface area contributed by atoms with E-state index in [2.05, 4.69) is 24.0 Å². The number of anilines is 1. The summed E-state index contributed by atoms with van der Waals surface area (Å²) in [5.41, 5.74) is 8.80. The summed E-state index contributed by atoms with van der Waals surface area (Å²) in [6.45, 7) is 4.39. The Morgan fingerprint density at radius 3 is 2.64 bits per heavy atom. The van der Waals surface area contributed by atoms with Crippen molar-refractivity contribution in [2.45, 2.75) is 51.4 Å². The van der Waals surface area contributed by atoms with Gasteiger partial charge < -0.3 is 5.73 Å². The van der Waals surface area contributed by atoms with Crippen LogP contribution in [0.1, 0.15) is 50.8 Å². The molecule has 1 heterocycles. The normalized spacial score (nSPS) is 18.4. The Labute approximate surface area is 85.1 Å². The largest absolute Gasteiger partial charge is 0.382 e. The summed E-state index contributed by atoms with van der Waals surface area (Å²) in [4.78, 5) is 0. The van der Waals surface area contributed by atoms with Crippen molar-refractivity contribution in [3.63, 3.8) is 0 Å². The zero-order valence-electron chi connectivity index (χ0n) is 9.06. The number of aromatic amines is 1. The monoisotopic (exact) mass is 193 g/mol. The first-order valence-electron chi connectivity index (χ1n) is 5.56. The summed E-state index contributed by atoms with van der Waals surface area (Å²) in [6.07, 6.45) is 6.10. The highest BCUT2D eigenvalue weighted by Gasteiger charge is 2.46. The van der Waals surface area contributed by atoms with E-state index in [0.717, 1.165) is 6.42 Å². The summed E-state index contributed by atoms with van der Waals surface area (Å²) >= 11 is 0. The molecular formula is C11H19N3. The number of nitrogens with two attached hydrogens (primary N) is 1. The van der Waals surface area contributed by atoms with Crippen LogP contribution in [0, 0.1) is 0 Å². The van der Waals surface area contributed by atoms with Crippen LogP contribution in [0.5, 0.6) is 0 Å². The van der Waals surface area contributed by atoms with Gasteiger partial charge in [0.1, 0.15) is 5.82 Å². The lowest BCUT2D eigenvalue weighted by atomic mass is 9.92. The molecule has 1 fully saturated rings. The molecule has 1 aliphatic carbocycles. The fourth-order valence-corrected chi connectivity index (χ4v) is 2.43. The minimum Gasteiger partial charge on any atom is -0.382 e. The van der Waals surface area contributed by atoms with Crippen molar-refractivity contribution in [1.82, 2.24) is 10.2 Å². The maximum absolute atomic E-state index is 5.83. The third-order valence-corrected chi connectivity index (χ3v) is 3.37. The first-order chi connectivity index (χ1) is 6.73. The first-order valence-corrected chi connectivity index (χ1v) is 5.56. The van der Waals surface area contributed by atoms with Crippen molar-refractivity contribution in [3.8, 4) is 0 Å². The van der Waals surface area contributed by atoms with E-state index in [0.29, 0.717) is 11.2 Å². The van der Waals surface area contributed by atoms with Gasteiger partial charge in [0, 0.05) is 16.7 Å². The van der Waals surface area contributed by atoms with Crippen LogP contribution in [0.15, 0.2) is 0 Å². The van der Waals surface area contributed by atoms with E-state index in [1.54, 1.807) is 0 Å². The molecule has 1 aromatic rings. The highest BCUT2D eigenvalue weighted by molar-refractivity contribution is 5.46. The van der Waals surface area contributed by atoms with Gasteiger partial charge >= 0.3 is 0 Å². The number of H-pyrrole nitrogens is 1. The molecule has 1 aliphatic rings. The summed E-state index contributed by atoms with van der Waals surface area (Å²) in [6, 6.07) is 0. The van der Waals surface area contributed by atoms with Crippen molar-refractivity contribution in [1.29, 1.82) is 0 Å². The van der Waals surface area contributed by atoms with Crippen LogP contribution >= 0.6 is 0 Å². The van der Waals surface area contributed by atoms with Gasteiger partial charge in [-0.15, -0.1) is 0 Å². The standard InChI is InChI=1S/C11H19N3/c1-3-5-11(6-7-11)9-8(4-2)10(12)14-13-9/h3-7H2,1-2H3,(H3,12,13,14). The van der Waals surface area contributed by atoms with Crippen LogP contribution in [-0.4, -0.2) is 10.2 Å². The van der Waals surface area contributed by atoms with Crippen LogP contribution in [0.4, 0.5) is 5.82 Å². The SMILES string of the molecule is CCCC1(c2[nH]nc(N)c2CC)CC1. The fraction of sp³-hybridized carbons (Fsp3) is 0.727. The van der Waals surface area contributed by atoms with Gasteiger partial charge in [-0.2, -0.15) is 5.10 Å². The number of aromatic nitrogens is 2. The quantitative estimate of drug-likeness (QED) is 0.771. The summed E-state index contributed by atoms with van der Waals surface area (Å²) in [5.74, 6) is 0.699. The topological polar surface area (TPSA) is 54.7 Å². The number of rotatable bonds is 4. The predicted octanol–water partition coefficient (Wildman–Crippen LogP) is 2.39. The van der Waals surface area contributed by atoms with E-state index in [9.17, 15) is 0 Å². The van der Waals surface area contributed by atoms with Gasteiger partial charge in [-0.25, -0.2) is 0 Å². The van der Waals surface area contributed by atoms with Crippen LogP contribution in [-0.2, 0) is 11.8 Å². The lowest BCUT2D eigenvalue weighted by Crippen LogP contribution is -2.09. The van der Waals surface area contributed by atoms with Gasteiger partial charge in [0.2, 0.25) is 0 Å². The van der Waals surface area contributed by atoms with Crippen LogP contribution in [0.25, 0.3) is 0 Å². The zero-order valence-corrected chi connectivity index (χ0v) is 9.06. The second-order valence-corrected chi connectivity index (χ2v) is 4.35. The zero-order chi connectivity index (χ0) is 10.2. The van der Waals surface area contributed by atoms with Gasteiger partial charge in [0.15, 0.2) is 0 Å². The molecule has 0 atom stereocenters. The summed E-state index contributed by atoms with van der Waals surface area (Å²) in [7, 11) is 0. The Morgan fingerprint density at radius 2 is 2.14 bits per heavy atom. The summed E-state index contributed by atoms with van der Waals surface area (Å²) < 4.78 is 0. The molecule has 2 rings (SSSR count). The number of hydrogen-bond donors (Lipinski definition) is 2. The minimum absolute atomic E-state index is 0.407. The average Bonchev–Trinajstić information content (AvgIpc) is 2.84. The highest BCUT2D eigenvalue weighted by atomic mass is 15.2. The van der Waals surface area contributed by atoms with Gasteiger partial charge in [0.05, 0.1) is 0 Å². The second kappa shape index (κ2) is 3.30. The molecule has 1 aromatic heterocycles. The van der Waals surface area contributed by atoms with Gasteiger partial charge in [-0.3, -0.25) is 5.10 Å². The molecule has 1 saturated carbocycles. The molecule has 0 saturated heterocycles. The Balaban J connectivity index is 2.31. The Hall–Kier alpha value is -0.990. The molecular weight excluding hydrogens is 174 g/mol. The van der Waals surface area contributed by atoms with Crippen molar-refractivity contribution >= 4 is 5.82 Å². The molecule has 78 valence electrons. The maximum atomic E-state index is 5.83. The van der Waals surface area contributed by atoms with Gasteiger partial charge in [-0.05, 0) is 25.7 Å². The van der Waals surface area contributed by atoms with E-state index in [-0.39, 0.29) is 0 Å². The number of nitrogens with one attached hydrogen (secondary N) is 1. The molecule has 0 unspecified atom stereocenters. The minimum atomic E-state index is 0.407. The Kier molecular flexibility index (Phi) is 2.25. The van der Waals surface area contributed by atoms with E-state index in [1.165, 1.54) is 36.9 Å². The third-order valence-electron chi connectivity index (χ3n) is 3.37. The average molecular weight is 193 g/mol. The smallest absolute Gasteiger partial charge is 0.148 e. The Bertz CT molecular complexity index is 323. The number of nitrogen functional groups attached to an aromatic ring is 1. The van der Waals surface area contributed by atoms with E-state index in [4.69, 9.17) is 5.73 Å². The maximum Gasteiger partial charge on any atom is 0.148 e. The van der Waals surface area contributed by atoms with E-state index in [1.807, 2.05) is 0 Å². The molecule has 0 aliphatic heterocycles. The van der Waals surface area contributed by atoms with Gasteiger partial charge in [0.25, 0.3) is 0 Å². The molecule has 0 radical (unpaired) electrons. The van der Waals surface area contributed by atoms with E-state index >= 15 is 0 Å². The van der Waals surface area contributed by atoms with Crippen LogP contribution < -0.4 is 5.73 Å². The molecule has 0 aromatic carbocycles. The lowest BCUT2D eigenvalue weighted by molar-refractivity contribution is 0.583. The van der Waals surface area contributed by atoms with Crippen LogP contribution in [0.2, 0.25) is 0 Å². The predicted molar refractivity (Wildman–Crippen MR) is 58.2 cm³/mol. The molecule has 3 heteroatoms.